The van der Waals surface area contributed by atoms with Crippen molar-refractivity contribution in [2.24, 2.45) is 0 Å². The summed E-state index contributed by atoms with van der Waals surface area (Å²) in [6.07, 6.45) is -2.43. The van der Waals surface area contributed by atoms with E-state index in [1.807, 2.05) is 0 Å². The summed E-state index contributed by atoms with van der Waals surface area (Å²) in [4.78, 5) is 57.5. The fraction of sp³-hybridized carbons (Fsp3) is 0.750. The van der Waals surface area contributed by atoms with Crippen molar-refractivity contribution in [3.8, 4) is 0 Å². The smallest absolute Gasteiger partial charge is 0.339 e. The molecule has 22 heavy (non-hydrogen) atoms. The summed E-state index contributed by atoms with van der Waals surface area (Å²) < 4.78 is 21.8. The number of hydrogen-bond donors (Lipinski definition) is 6. The first-order valence-electron chi connectivity index (χ1n) is 5.68. The van der Waals surface area contributed by atoms with Gasteiger partial charge in [0.2, 0.25) is 0 Å². The highest BCUT2D eigenvalue weighted by atomic mass is 32.2. The molecule has 0 saturated heterocycles. The molecule has 0 heterocycles. The molecule has 0 radical (unpaired) electrons. The van der Waals surface area contributed by atoms with Crippen molar-refractivity contribution < 1.29 is 48.5 Å². The summed E-state index contributed by atoms with van der Waals surface area (Å²) in [5.74, 6) is -2.74. The number of hydrogen-bond acceptors (Lipinski definition) is 6. The van der Waals surface area contributed by atoms with Crippen LogP contribution in [0.3, 0.4) is 0 Å². The predicted octanol–water partition coefficient (Wildman–Crippen LogP) is -0.780. The minimum atomic E-state index is -4.55. The normalized spacial score (nSPS) is 14.0. The summed E-state index contributed by atoms with van der Waals surface area (Å²) in [7, 11) is -9.10. The Morgan fingerprint density at radius 3 is 1.77 bits per heavy atom. The van der Waals surface area contributed by atoms with Crippen LogP contribution in [0, 0.1) is 0 Å². The van der Waals surface area contributed by atoms with Crippen LogP contribution in [-0.2, 0) is 18.7 Å². The van der Waals surface area contributed by atoms with Gasteiger partial charge < -0.3 is 29.8 Å². The van der Waals surface area contributed by atoms with Crippen molar-refractivity contribution in [3.63, 3.8) is 0 Å². The first kappa shape index (κ1) is 21.6. The molecule has 11 nitrogen and oxygen atoms in total. The van der Waals surface area contributed by atoms with Gasteiger partial charge in [0, 0.05) is 12.3 Å². The maximum absolute atomic E-state index is 10.9. The molecule has 0 rings (SSSR count). The monoisotopic (exact) mass is 381 g/mol. The Hall–Kier alpha value is -0.450. The van der Waals surface area contributed by atoms with Crippen LogP contribution < -0.4 is 0 Å². The second kappa shape index (κ2) is 8.99. The Balaban J connectivity index is 4.60. The van der Waals surface area contributed by atoms with E-state index in [4.69, 9.17) is 29.8 Å². The third-order valence-electron chi connectivity index (χ3n) is 2.13. The highest BCUT2D eigenvalue weighted by Crippen LogP contribution is 2.40. The average Bonchev–Trinajstić information content (AvgIpc) is 2.21. The summed E-state index contributed by atoms with van der Waals surface area (Å²) in [6, 6.07) is 0. The summed E-state index contributed by atoms with van der Waals surface area (Å²) in [5.41, 5.74) is 0. The molecule has 0 aromatic heterocycles. The molecule has 130 valence electrons. The molecule has 1 atom stereocenters. The van der Waals surface area contributed by atoms with E-state index < -0.39 is 51.4 Å². The van der Waals surface area contributed by atoms with Crippen molar-refractivity contribution in [3.05, 3.63) is 0 Å². The van der Waals surface area contributed by atoms with Crippen molar-refractivity contribution >= 4 is 38.9 Å². The van der Waals surface area contributed by atoms with E-state index in [0.29, 0.717) is 11.8 Å². The van der Waals surface area contributed by atoms with Crippen LogP contribution in [0.1, 0.15) is 6.42 Å². The van der Waals surface area contributed by atoms with Crippen LogP contribution in [-0.4, -0.2) is 76.7 Å². The maximum atomic E-state index is 10.9. The highest BCUT2D eigenvalue weighted by molar-refractivity contribution is 8.00. The molecule has 1 unspecified atom stereocenters. The third kappa shape index (κ3) is 12.1. The fourth-order valence-electron chi connectivity index (χ4n) is 1.41. The van der Waals surface area contributed by atoms with E-state index in [2.05, 4.69) is 0 Å². The van der Waals surface area contributed by atoms with Gasteiger partial charge in [-0.3, -0.25) is 23.6 Å². The highest BCUT2D eigenvalue weighted by Gasteiger charge is 2.27. The van der Waals surface area contributed by atoms with E-state index in [1.165, 1.54) is 0 Å². The van der Waals surface area contributed by atoms with Gasteiger partial charge in [0.15, 0.2) is 0 Å². The molecular formula is C8H17NO10P2S. The van der Waals surface area contributed by atoms with Gasteiger partial charge in [0.1, 0.15) is 17.8 Å². The summed E-state index contributed by atoms with van der Waals surface area (Å²) >= 11 is 0.710. The minimum Gasteiger partial charge on any atom is -0.481 e. The van der Waals surface area contributed by atoms with Crippen LogP contribution >= 0.6 is 27.0 Å². The molecular weight excluding hydrogens is 364 g/mol. The SMILES string of the molecule is O=C(O)CC(SCCN(CP(=O)(O)O)CP(=O)(O)O)C(=O)O. The summed E-state index contributed by atoms with van der Waals surface area (Å²) in [5, 5.41) is 16.1. The molecule has 0 bridgehead atoms. The van der Waals surface area contributed by atoms with Crippen LogP contribution in [0.4, 0.5) is 0 Å². The molecule has 14 heteroatoms. The van der Waals surface area contributed by atoms with E-state index >= 15 is 0 Å². The van der Waals surface area contributed by atoms with Gasteiger partial charge >= 0.3 is 27.1 Å². The molecule has 0 aromatic carbocycles. The molecule has 0 saturated carbocycles. The lowest BCUT2D eigenvalue weighted by Crippen LogP contribution is -2.30. The Labute approximate surface area is 129 Å². The lowest BCUT2D eigenvalue weighted by Gasteiger charge is -2.23. The number of thioether (sulfide) groups is 1. The first-order valence-corrected chi connectivity index (χ1v) is 10.3. The maximum Gasteiger partial charge on any atom is 0.339 e. The molecule has 0 amide bonds. The van der Waals surface area contributed by atoms with Crippen molar-refractivity contribution in [1.29, 1.82) is 0 Å². The topological polar surface area (TPSA) is 193 Å². The molecule has 0 fully saturated rings. The largest absolute Gasteiger partial charge is 0.481 e. The molecule has 0 spiro atoms. The average molecular weight is 381 g/mol. The quantitative estimate of drug-likeness (QED) is 0.245. The Bertz CT molecular complexity index is 463. The zero-order valence-electron chi connectivity index (χ0n) is 11.2. The lowest BCUT2D eigenvalue weighted by molar-refractivity contribution is -0.142. The molecule has 0 aliphatic heterocycles. The number of carbonyl (C=O) groups is 2. The van der Waals surface area contributed by atoms with Gasteiger partial charge in [-0.25, -0.2) is 0 Å². The van der Waals surface area contributed by atoms with E-state index in [0.717, 1.165) is 4.90 Å². The Morgan fingerprint density at radius 2 is 1.45 bits per heavy atom. The predicted molar refractivity (Wildman–Crippen MR) is 76.7 cm³/mol. The minimum absolute atomic E-state index is 0.0652. The number of aliphatic carboxylic acids is 2. The van der Waals surface area contributed by atoms with Crippen LogP contribution in [0.5, 0.6) is 0 Å². The van der Waals surface area contributed by atoms with Crippen LogP contribution in [0.2, 0.25) is 0 Å². The Morgan fingerprint density at radius 1 is 1.00 bits per heavy atom. The zero-order valence-corrected chi connectivity index (χ0v) is 13.8. The number of carboxylic acids is 2. The van der Waals surface area contributed by atoms with Gasteiger partial charge in [-0.15, -0.1) is 11.8 Å². The van der Waals surface area contributed by atoms with Gasteiger partial charge in [-0.2, -0.15) is 0 Å². The van der Waals surface area contributed by atoms with Crippen molar-refractivity contribution in [1.82, 2.24) is 4.90 Å². The number of rotatable bonds is 11. The molecule has 0 aliphatic carbocycles. The van der Waals surface area contributed by atoms with Gasteiger partial charge in [-0.05, 0) is 0 Å². The first-order chi connectivity index (χ1) is 9.80. The second-order valence-electron chi connectivity index (χ2n) is 4.30. The molecule has 6 N–H and O–H groups in total. The molecule has 0 aliphatic rings. The van der Waals surface area contributed by atoms with E-state index in [-0.39, 0.29) is 12.3 Å². The number of carboxylic acid groups (broad SMARTS) is 2. The van der Waals surface area contributed by atoms with Crippen molar-refractivity contribution in [2.45, 2.75) is 11.7 Å². The fourth-order valence-corrected chi connectivity index (χ4v) is 4.14. The lowest BCUT2D eigenvalue weighted by atomic mass is 10.3. The van der Waals surface area contributed by atoms with E-state index in [9.17, 15) is 18.7 Å². The molecule has 0 aromatic rings. The number of nitrogens with zero attached hydrogens (tertiary/aromatic N) is 1. The van der Waals surface area contributed by atoms with Gasteiger partial charge in [-0.1, -0.05) is 0 Å². The zero-order chi connectivity index (χ0) is 17.6. The second-order valence-corrected chi connectivity index (χ2v) is 8.84. The van der Waals surface area contributed by atoms with Crippen molar-refractivity contribution in [2.75, 3.05) is 24.9 Å². The van der Waals surface area contributed by atoms with Crippen LogP contribution in [0.15, 0.2) is 0 Å². The third-order valence-corrected chi connectivity index (χ3v) is 4.86. The summed E-state index contributed by atoms with van der Waals surface area (Å²) in [6.45, 7) is -0.218. The van der Waals surface area contributed by atoms with Gasteiger partial charge in [0.05, 0.1) is 6.42 Å². The standard InChI is InChI=1S/C8H17NO10P2S/c10-7(11)3-6(8(12)13)22-2-1-9(4-20(14,15)16)5-21(17,18)19/h6H,1-5H2,(H,10,11)(H,12,13)(H2,14,15,16)(H2,17,18,19). The van der Waals surface area contributed by atoms with Crippen LogP contribution in [0.25, 0.3) is 0 Å². The van der Waals surface area contributed by atoms with Gasteiger partial charge in [0.25, 0.3) is 0 Å². The Kier molecular flexibility index (Phi) is 8.81. The van der Waals surface area contributed by atoms with E-state index in [1.54, 1.807) is 0 Å².